The van der Waals surface area contributed by atoms with E-state index in [-0.39, 0.29) is 5.75 Å². The Kier molecular flexibility index (Phi) is 3.63. The highest BCUT2D eigenvalue weighted by molar-refractivity contribution is 5.76. The number of fused-ring (bicyclic) bond motifs is 1. The Morgan fingerprint density at radius 3 is 2.50 bits per heavy atom. The minimum atomic E-state index is 0.208. The van der Waals surface area contributed by atoms with Gasteiger partial charge in [0.1, 0.15) is 11.3 Å². The molecule has 18 heavy (non-hydrogen) atoms. The van der Waals surface area contributed by atoms with Crippen molar-refractivity contribution < 1.29 is 9.52 Å². The zero-order valence-corrected chi connectivity index (χ0v) is 10.4. The first-order valence-corrected chi connectivity index (χ1v) is 5.98. The Labute approximate surface area is 106 Å². The van der Waals surface area contributed by atoms with E-state index in [4.69, 9.17) is 4.42 Å². The molecule has 92 valence electrons. The van der Waals surface area contributed by atoms with E-state index in [9.17, 15) is 5.11 Å². The van der Waals surface area contributed by atoms with Gasteiger partial charge >= 0.3 is 0 Å². The molecule has 0 saturated heterocycles. The van der Waals surface area contributed by atoms with Gasteiger partial charge in [0.05, 0.1) is 0 Å². The summed E-state index contributed by atoms with van der Waals surface area (Å²) in [7, 11) is 0. The molecule has 0 aliphatic heterocycles. The lowest BCUT2D eigenvalue weighted by molar-refractivity contribution is 0.475. The molecule has 3 rings (SSSR count). The molecule has 0 fully saturated rings. The predicted octanol–water partition coefficient (Wildman–Crippen LogP) is 4.23. The number of hydrogen-bond acceptors (Lipinski definition) is 3. The second-order valence-electron chi connectivity index (χ2n) is 3.54. The number of benzene rings is 2. The van der Waals surface area contributed by atoms with Crippen molar-refractivity contribution in [2.75, 3.05) is 0 Å². The Hall–Kier alpha value is -2.29. The number of nitrogens with zero attached hydrogens (tertiary/aromatic N) is 1. The first-order valence-electron chi connectivity index (χ1n) is 5.98. The molecule has 2 aromatic carbocycles. The van der Waals surface area contributed by atoms with Crippen molar-refractivity contribution in [1.29, 1.82) is 0 Å². The van der Waals surface area contributed by atoms with Crippen LogP contribution in [0.5, 0.6) is 5.75 Å². The van der Waals surface area contributed by atoms with Crippen molar-refractivity contribution in [3.8, 4) is 17.2 Å². The number of rotatable bonds is 1. The van der Waals surface area contributed by atoms with Gasteiger partial charge in [-0.3, -0.25) is 0 Å². The zero-order chi connectivity index (χ0) is 13.0. The van der Waals surface area contributed by atoms with Crippen molar-refractivity contribution in [2.45, 2.75) is 13.8 Å². The Morgan fingerprint density at radius 1 is 1.00 bits per heavy atom. The van der Waals surface area contributed by atoms with Crippen molar-refractivity contribution in [1.82, 2.24) is 4.98 Å². The van der Waals surface area contributed by atoms with E-state index in [0.717, 1.165) is 16.7 Å². The summed E-state index contributed by atoms with van der Waals surface area (Å²) in [5.74, 6) is 0.733. The number of phenols is 1. The molecule has 0 spiro atoms. The monoisotopic (exact) mass is 241 g/mol. The van der Waals surface area contributed by atoms with E-state index < -0.39 is 0 Å². The van der Waals surface area contributed by atoms with Crippen LogP contribution in [0.1, 0.15) is 13.8 Å². The van der Waals surface area contributed by atoms with Crippen LogP contribution in [0.25, 0.3) is 22.6 Å². The number of aromatic hydroxyl groups is 1. The van der Waals surface area contributed by atoms with Crippen molar-refractivity contribution in [3.05, 3.63) is 48.5 Å². The normalized spacial score (nSPS) is 9.89. The highest BCUT2D eigenvalue weighted by Crippen LogP contribution is 2.25. The van der Waals surface area contributed by atoms with E-state index in [1.54, 1.807) is 18.2 Å². The maximum atomic E-state index is 9.38. The van der Waals surface area contributed by atoms with Crippen molar-refractivity contribution in [3.63, 3.8) is 0 Å². The molecule has 1 heterocycles. The molecule has 1 N–H and O–H groups in total. The first-order chi connectivity index (χ1) is 8.83. The highest BCUT2D eigenvalue weighted by Gasteiger charge is 2.07. The topological polar surface area (TPSA) is 46.3 Å². The molecular formula is C15H15NO2. The number of hydrogen-bond donors (Lipinski definition) is 1. The van der Waals surface area contributed by atoms with Gasteiger partial charge in [0.2, 0.25) is 5.89 Å². The van der Waals surface area contributed by atoms with Gasteiger partial charge in [-0.25, -0.2) is 4.98 Å². The van der Waals surface area contributed by atoms with Crippen LogP contribution in [0.2, 0.25) is 0 Å². The average molecular weight is 241 g/mol. The molecule has 0 radical (unpaired) electrons. The fourth-order valence-corrected chi connectivity index (χ4v) is 1.63. The number of phenolic OH excluding ortho intramolecular Hbond substituents is 1. The Balaban J connectivity index is 0.000000574. The maximum absolute atomic E-state index is 9.38. The molecule has 0 aliphatic rings. The molecule has 0 aliphatic carbocycles. The summed E-state index contributed by atoms with van der Waals surface area (Å²) in [6.45, 7) is 4.00. The van der Waals surface area contributed by atoms with E-state index >= 15 is 0 Å². The molecule has 0 bridgehead atoms. The summed E-state index contributed by atoms with van der Waals surface area (Å²) in [5, 5.41) is 9.38. The summed E-state index contributed by atoms with van der Waals surface area (Å²) < 4.78 is 5.59. The van der Waals surface area contributed by atoms with Gasteiger partial charge in [-0.1, -0.05) is 32.0 Å². The number of oxazole rings is 1. The minimum absolute atomic E-state index is 0.208. The lowest BCUT2D eigenvalue weighted by atomic mass is 10.2. The SMILES string of the molecule is CC.Oc1cccc(-c2nc3ccccc3o2)c1. The maximum Gasteiger partial charge on any atom is 0.227 e. The fraction of sp³-hybridized carbons (Fsp3) is 0.133. The third-order valence-corrected chi connectivity index (χ3v) is 2.39. The molecular weight excluding hydrogens is 226 g/mol. The van der Waals surface area contributed by atoms with E-state index in [2.05, 4.69) is 4.98 Å². The van der Waals surface area contributed by atoms with Crippen LogP contribution in [-0.4, -0.2) is 10.1 Å². The Bertz CT molecular complexity index is 611. The summed E-state index contributed by atoms with van der Waals surface area (Å²) in [6.07, 6.45) is 0. The largest absolute Gasteiger partial charge is 0.508 e. The van der Waals surface area contributed by atoms with Gasteiger partial charge in [0.15, 0.2) is 5.58 Å². The fourth-order valence-electron chi connectivity index (χ4n) is 1.63. The Morgan fingerprint density at radius 2 is 1.78 bits per heavy atom. The second-order valence-corrected chi connectivity index (χ2v) is 3.54. The van der Waals surface area contributed by atoms with Gasteiger partial charge < -0.3 is 9.52 Å². The number of aromatic nitrogens is 1. The van der Waals surface area contributed by atoms with Gasteiger partial charge in [-0.2, -0.15) is 0 Å². The van der Waals surface area contributed by atoms with E-state index in [0.29, 0.717) is 5.89 Å². The molecule has 3 heteroatoms. The van der Waals surface area contributed by atoms with Gasteiger partial charge in [0.25, 0.3) is 0 Å². The van der Waals surface area contributed by atoms with Gasteiger partial charge in [-0.05, 0) is 30.3 Å². The molecule has 0 unspecified atom stereocenters. The van der Waals surface area contributed by atoms with Crippen LogP contribution < -0.4 is 0 Å². The van der Waals surface area contributed by atoms with Gasteiger partial charge in [0, 0.05) is 5.56 Å². The summed E-state index contributed by atoms with van der Waals surface area (Å²) in [6, 6.07) is 14.4. The third kappa shape index (κ3) is 2.35. The van der Waals surface area contributed by atoms with E-state index in [1.165, 1.54) is 0 Å². The van der Waals surface area contributed by atoms with Crippen molar-refractivity contribution in [2.24, 2.45) is 0 Å². The van der Waals surface area contributed by atoms with Crippen LogP contribution in [-0.2, 0) is 0 Å². The number of para-hydroxylation sites is 2. The van der Waals surface area contributed by atoms with Crippen LogP contribution in [0.4, 0.5) is 0 Å². The van der Waals surface area contributed by atoms with Crippen LogP contribution in [0.3, 0.4) is 0 Å². The zero-order valence-electron chi connectivity index (χ0n) is 10.4. The molecule has 3 nitrogen and oxygen atoms in total. The van der Waals surface area contributed by atoms with Crippen LogP contribution >= 0.6 is 0 Å². The molecule has 0 amide bonds. The third-order valence-electron chi connectivity index (χ3n) is 2.39. The summed E-state index contributed by atoms with van der Waals surface area (Å²) >= 11 is 0. The van der Waals surface area contributed by atoms with Crippen LogP contribution in [0, 0.1) is 0 Å². The van der Waals surface area contributed by atoms with Crippen LogP contribution in [0.15, 0.2) is 52.9 Å². The summed E-state index contributed by atoms with van der Waals surface area (Å²) in [5.41, 5.74) is 2.35. The van der Waals surface area contributed by atoms with Gasteiger partial charge in [-0.15, -0.1) is 0 Å². The quantitative estimate of drug-likeness (QED) is 0.693. The second kappa shape index (κ2) is 5.36. The smallest absolute Gasteiger partial charge is 0.227 e. The lowest BCUT2D eigenvalue weighted by Gasteiger charge is -1.95. The summed E-state index contributed by atoms with van der Waals surface area (Å²) in [4.78, 5) is 4.35. The molecule has 1 aromatic heterocycles. The first kappa shape index (κ1) is 12.2. The molecule has 3 aromatic rings. The minimum Gasteiger partial charge on any atom is -0.508 e. The molecule has 0 atom stereocenters. The lowest BCUT2D eigenvalue weighted by Crippen LogP contribution is -1.75. The van der Waals surface area contributed by atoms with E-state index in [1.807, 2.05) is 44.2 Å². The highest BCUT2D eigenvalue weighted by atomic mass is 16.3. The standard InChI is InChI=1S/C13H9NO2.C2H6/c15-10-5-3-4-9(8-10)13-14-11-6-1-2-7-12(11)16-13;1-2/h1-8,15H;1-2H3. The predicted molar refractivity (Wildman–Crippen MR) is 72.5 cm³/mol. The molecule has 0 saturated carbocycles. The average Bonchev–Trinajstić information content (AvgIpc) is 2.85. The van der Waals surface area contributed by atoms with Crippen molar-refractivity contribution >= 4 is 11.1 Å².